The Morgan fingerprint density at radius 3 is 2.35 bits per heavy atom. The summed E-state index contributed by atoms with van der Waals surface area (Å²) >= 11 is 0. The van der Waals surface area contributed by atoms with E-state index >= 15 is 0 Å². The van der Waals surface area contributed by atoms with Gasteiger partial charge in [-0.1, -0.05) is 19.1 Å². The molecule has 0 aliphatic rings. The average Bonchev–Trinajstić information content (AvgIpc) is 2.72. The van der Waals surface area contributed by atoms with Crippen LogP contribution in [0.5, 0.6) is 0 Å². The molecule has 0 bridgehead atoms. The lowest BCUT2D eigenvalue weighted by molar-refractivity contribution is -0.694. The standard InChI is InChI=1S/C15H18F3N2/c1-3-8-19-9-10-20(12(19)2)11-13-4-6-14(7-5-13)15(16,17)18/h4-7,9-10H,3,8,11H2,1-2H3/q+1. The third-order valence-corrected chi connectivity index (χ3v) is 3.36. The number of imidazole rings is 1. The molecule has 0 amide bonds. The summed E-state index contributed by atoms with van der Waals surface area (Å²) in [6.07, 6.45) is 0.743. The van der Waals surface area contributed by atoms with E-state index < -0.39 is 11.7 Å². The van der Waals surface area contributed by atoms with Crippen molar-refractivity contribution in [3.8, 4) is 0 Å². The molecule has 108 valence electrons. The van der Waals surface area contributed by atoms with Crippen molar-refractivity contribution in [1.29, 1.82) is 0 Å². The molecular weight excluding hydrogens is 265 g/mol. The van der Waals surface area contributed by atoms with Gasteiger partial charge in [-0.05, 0) is 24.1 Å². The molecule has 5 heteroatoms. The van der Waals surface area contributed by atoms with Crippen LogP contribution in [0.15, 0.2) is 36.7 Å². The Balaban J connectivity index is 2.14. The minimum atomic E-state index is -4.27. The van der Waals surface area contributed by atoms with Crippen molar-refractivity contribution in [3.63, 3.8) is 0 Å². The van der Waals surface area contributed by atoms with Crippen LogP contribution in [0.25, 0.3) is 0 Å². The van der Waals surface area contributed by atoms with E-state index in [4.69, 9.17) is 0 Å². The maximum atomic E-state index is 12.5. The van der Waals surface area contributed by atoms with Gasteiger partial charge in [-0.25, -0.2) is 9.13 Å². The molecule has 1 aromatic heterocycles. The Labute approximate surface area is 116 Å². The first-order chi connectivity index (χ1) is 9.41. The Kier molecular flexibility index (Phi) is 4.16. The second-order valence-electron chi connectivity index (χ2n) is 4.86. The Morgan fingerprint density at radius 2 is 1.80 bits per heavy atom. The molecule has 0 saturated heterocycles. The van der Waals surface area contributed by atoms with Gasteiger partial charge >= 0.3 is 6.18 Å². The van der Waals surface area contributed by atoms with Gasteiger partial charge in [0.2, 0.25) is 0 Å². The predicted molar refractivity (Wildman–Crippen MR) is 70.2 cm³/mol. The van der Waals surface area contributed by atoms with Crippen LogP contribution in [-0.2, 0) is 19.3 Å². The van der Waals surface area contributed by atoms with Crippen LogP contribution in [0.2, 0.25) is 0 Å². The Morgan fingerprint density at radius 1 is 1.15 bits per heavy atom. The lowest BCUT2D eigenvalue weighted by Crippen LogP contribution is -2.36. The van der Waals surface area contributed by atoms with E-state index in [0.29, 0.717) is 6.54 Å². The van der Waals surface area contributed by atoms with Crippen molar-refractivity contribution in [2.24, 2.45) is 0 Å². The third kappa shape index (κ3) is 3.21. The lowest BCUT2D eigenvalue weighted by atomic mass is 10.1. The number of aromatic nitrogens is 2. The van der Waals surface area contributed by atoms with Crippen LogP contribution >= 0.6 is 0 Å². The van der Waals surface area contributed by atoms with Gasteiger partial charge < -0.3 is 0 Å². The first-order valence-corrected chi connectivity index (χ1v) is 6.63. The highest BCUT2D eigenvalue weighted by Crippen LogP contribution is 2.29. The summed E-state index contributed by atoms with van der Waals surface area (Å²) in [5, 5.41) is 0. The van der Waals surface area contributed by atoms with E-state index in [9.17, 15) is 13.2 Å². The van der Waals surface area contributed by atoms with Crippen LogP contribution in [0.4, 0.5) is 13.2 Å². The normalized spacial score (nSPS) is 11.8. The molecule has 0 aliphatic carbocycles. The number of hydrogen-bond donors (Lipinski definition) is 0. The zero-order chi connectivity index (χ0) is 14.8. The van der Waals surface area contributed by atoms with Gasteiger partial charge in [0.25, 0.3) is 5.82 Å². The van der Waals surface area contributed by atoms with Crippen molar-refractivity contribution in [2.45, 2.75) is 39.5 Å². The van der Waals surface area contributed by atoms with E-state index in [0.717, 1.165) is 36.5 Å². The van der Waals surface area contributed by atoms with Crippen molar-refractivity contribution in [2.75, 3.05) is 0 Å². The molecule has 2 aromatic rings. The molecule has 2 nitrogen and oxygen atoms in total. The Bertz CT molecular complexity index is 568. The molecule has 0 aliphatic heterocycles. The van der Waals surface area contributed by atoms with Crippen molar-refractivity contribution < 1.29 is 17.7 Å². The molecule has 2 rings (SSSR count). The fourth-order valence-electron chi connectivity index (χ4n) is 2.18. The number of rotatable bonds is 4. The molecule has 0 spiro atoms. The van der Waals surface area contributed by atoms with Crippen LogP contribution < -0.4 is 4.57 Å². The summed E-state index contributed by atoms with van der Waals surface area (Å²) in [4.78, 5) is 0. The minimum absolute atomic E-state index is 0.584. The summed E-state index contributed by atoms with van der Waals surface area (Å²) in [5.74, 6) is 1.10. The summed E-state index contributed by atoms with van der Waals surface area (Å²) in [7, 11) is 0. The van der Waals surface area contributed by atoms with Crippen LogP contribution in [-0.4, -0.2) is 4.57 Å². The second-order valence-corrected chi connectivity index (χ2v) is 4.86. The van der Waals surface area contributed by atoms with Gasteiger partial charge in [0.15, 0.2) is 0 Å². The highest BCUT2D eigenvalue weighted by molar-refractivity contribution is 5.24. The molecular formula is C15H18F3N2+. The third-order valence-electron chi connectivity index (χ3n) is 3.36. The highest BCUT2D eigenvalue weighted by Gasteiger charge is 2.30. The summed E-state index contributed by atoms with van der Waals surface area (Å²) in [6.45, 7) is 5.66. The van der Waals surface area contributed by atoms with Gasteiger partial charge in [-0.3, -0.25) is 0 Å². The van der Waals surface area contributed by atoms with Gasteiger partial charge in [0, 0.05) is 6.92 Å². The van der Waals surface area contributed by atoms with Crippen molar-refractivity contribution in [1.82, 2.24) is 4.57 Å². The van der Waals surface area contributed by atoms with Crippen LogP contribution in [0, 0.1) is 6.92 Å². The summed E-state index contributed by atoms with van der Waals surface area (Å²) in [6, 6.07) is 5.33. The van der Waals surface area contributed by atoms with Gasteiger partial charge in [-0.15, -0.1) is 0 Å². The van der Waals surface area contributed by atoms with Crippen LogP contribution in [0.1, 0.15) is 30.3 Å². The molecule has 1 heterocycles. The molecule has 0 unspecified atom stereocenters. The smallest absolute Gasteiger partial charge is 0.234 e. The first kappa shape index (κ1) is 14.6. The zero-order valence-electron chi connectivity index (χ0n) is 11.6. The van der Waals surface area contributed by atoms with Gasteiger partial charge in [0.05, 0.1) is 12.1 Å². The van der Waals surface area contributed by atoms with E-state index in [2.05, 4.69) is 11.5 Å². The molecule has 0 radical (unpaired) electrons. The summed E-state index contributed by atoms with van der Waals surface area (Å²) < 4.78 is 41.7. The number of nitrogens with zero attached hydrogens (tertiary/aromatic N) is 2. The SMILES string of the molecule is CCCn1cc[n+](Cc2ccc(C(F)(F)F)cc2)c1C. The summed E-state index contributed by atoms with van der Waals surface area (Å²) in [5.41, 5.74) is 0.256. The van der Waals surface area contributed by atoms with Crippen molar-refractivity contribution in [3.05, 3.63) is 53.6 Å². The molecule has 20 heavy (non-hydrogen) atoms. The van der Waals surface area contributed by atoms with Gasteiger partial charge in [-0.2, -0.15) is 13.2 Å². The number of hydrogen-bond acceptors (Lipinski definition) is 0. The largest absolute Gasteiger partial charge is 0.416 e. The first-order valence-electron chi connectivity index (χ1n) is 6.63. The number of halogens is 3. The minimum Gasteiger partial charge on any atom is -0.234 e. The van der Waals surface area contributed by atoms with E-state index in [1.165, 1.54) is 12.1 Å². The average molecular weight is 283 g/mol. The predicted octanol–water partition coefficient (Wildman–Crippen LogP) is 3.56. The van der Waals surface area contributed by atoms with Crippen LogP contribution in [0.3, 0.4) is 0 Å². The Hall–Kier alpha value is -1.78. The molecule has 0 fully saturated rings. The highest BCUT2D eigenvalue weighted by atomic mass is 19.4. The maximum Gasteiger partial charge on any atom is 0.416 e. The molecule has 0 N–H and O–H groups in total. The fourth-order valence-corrected chi connectivity index (χ4v) is 2.18. The fraction of sp³-hybridized carbons (Fsp3) is 0.400. The number of alkyl halides is 3. The van der Waals surface area contributed by atoms with Crippen molar-refractivity contribution >= 4 is 0 Å². The van der Waals surface area contributed by atoms with E-state index in [-0.39, 0.29) is 0 Å². The topological polar surface area (TPSA) is 8.81 Å². The number of benzene rings is 1. The second kappa shape index (κ2) is 5.69. The van der Waals surface area contributed by atoms with Gasteiger partial charge in [0.1, 0.15) is 18.9 Å². The quantitative estimate of drug-likeness (QED) is 0.759. The van der Waals surface area contributed by atoms with E-state index in [1.54, 1.807) is 0 Å². The monoisotopic (exact) mass is 283 g/mol. The molecule has 1 aromatic carbocycles. The van der Waals surface area contributed by atoms with E-state index in [1.807, 2.05) is 23.9 Å². The number of aryl methyl sites for hydroxylation is 1. The molecule has 0 saturated carbocycles. The molecule has 0 atom stereocenters. The lowest BCUT2D eigenvalue weighted by Gasteiger charge is -2.07. The zero-order valence-corrected chi connectivity index (χ0v) is 11.6. The maximum absolute atomic E-state index is 12.5.